The minimum absolute atomic E-state index is 0.988. The van der Waals surface area contributed by atoms with Crippen LogP contribution in [0.15, 0.2) is 25.3 Å². The van der Waals surface area contributed by atoms with Gasteiger partial charge >= 0.3 is 7.25 Å². The standard InChI is InChI=1S/C6H8N2.BF4/c1-6(2)8-4-3-7-5-8;2-1(3,4)5/h3-5H,1H2,2H3;/q;-1. The second-order valence-electron chi connectivity index (χ2n) is 2.20. The first-order valence-electron chi connectivity index (χ1n) is 3.32. The van der Waals surface area contributed by atoms with E-state index in [9.17, 15) is 17.3 Å². The van der Waals surface area contributed by atoms with Crippen molar-refractivity contribution >= 4 is 13.0 Å². The van der Waals surface area contributed by atoms with E-state index in [0.29, 0.717) is 0 Å². The van der Waals surface area contributed by atoms with Gasteiger partial charge in [0.15, 0.2) is 0 Å². The summed E-state index contributed by atoms with van der Waals surface area (Å²) >= 11 is 0. The molecular weight excluding hydrogens is 187 g/mol. The summed E-state index contributed by atoms with van der Waals surface area (Å²) in [5.41, 5.74) is 0.988. The third-order valence-corrected chi connectivity index (χ3v) is 0.945. The number of rotatable bonds is 1. The van der Waals surface area contributed by atoms with Crippen molar-refractivity contribution in [2.24, 2.45) is 0 Å². The molecule has 1 aromatic heterocycles. The summed E-state index contributed by atoms with van der Waals surface area (Å²) in [6.45, 7) is 5.65. The van der Waals surface area contributed by atoms with E-state index in [1.54, 1.807) is 12.5 Å². The third-order valence-electron chi connectivity index (χ3n) is 0.945. The zero-order valence-corrected chi connectivity index (χ0v) is 6.92. The summed E-state index contributed by atoms with van der Waals surface area (Å²) in [7, 11) is -6.00. The van der Waals surface area contributed by atoms with E-state index >= 15 is 0 Å². The highest BCUT2D eigenvalue weighted by atomic mass is 19.5. The molecule has 1 rings (SSSR count). The Morgan fingerprint density at radius 3 is 2.00 bits per heavy atom. The first-order chi connectivity index (χ1) is 5.80. The molecule has 0 aliphatic rings. The van der Waals surface area contributed by atoms with Gasteiger partial charge in [-0.1, -0.05) is 6.58 Å². The van der Waals surface area contributed by atoms with Crippen molar-refractivity contribution in [1.29, 1.82) is 0 Å². The fourth-order valence-electron chi connectivity index (χ4n) is 0.485. The summed E-state index contributed by atoms with van der Waals surface area (Å²) in [4.78, 5) is 3.85. The second kappa shape index (κ2) is 4.69. The van der Waals surface area contributed by atoms with Crippen LogP contribution in [-0.2, 0) is 0 Å². The Kier molecular flexibility index (Phi) is 4.23. The molecule has 0 N–H and O–H groups in total. The molecule has 0 spiro atoms. The highest BCUT2D eigenvalue weighted by Gasteiger charge is 2.20. The second-order valence-corrected chi connectivity index (χ2v) is 2.20. The smallest absolute Gasteiger partial charge is 0.418 e. The van der Waals surface area contributed by atoms with Crippen LogP contribution < -0.4 is 0 Å². The molecule has 0 atom stereocenters. The van der Waals surface area contributed by atoms with E-state index in [-0.39, 0.29) is 0 Å². The lowest BCUT2D eigenvalue weighted by atomic mass is 10.3. The zero-order chi connectivity index (χ0) is 10.5. The topological polar surface area (TPSA) is 17.8 Å². The molecule has 7 heteroatoms. The lowest BCUT2D eigenvalue weighted by Gasteiger charge is -1.94. The first-order valence-corrected chi connectivity index (χ1v) is 3.32. The molecule has 0 aliphatic carbocycles. The lowest BCUT2D eigenvalue weighted by molar-refractivity contribution is 0.368. The van der Waals surface area contributed by atoms with Crippen molar-refractivity contribution in [2.45, 2.75) is 6.92 Å². The fraction of sp³-hybridized carbons (Fsp3) is 0.167. The molecule has 1 aromatic rings. The summed E-state index contributed by atoms with van der Waals surface area (Å²) in [5, 5.41) is 0. The molecule has 0 amide bonds. The van der Waals surface area contributed by atoms with Crippen LogP contribution in [0.4, 0.5) is 17.3 Å². The monoisotopic (exact) mass is 195 g/mol. The average molecular weight is 195 g/mol. The van der Waals surface area contributed by atoms with Crippen LogP contribution in [0.3, 0.4) is 0 Å². The summed E-state index contributed by atoms with van der Waals surface area (Å²) < 4.78 is 40.9. The number of hydrogen-bond donors (Lipinski definition) is 0. The van der Waals surface area contributed by atoms with Gasteiger partial charge in [0.25, 0.3) is 0 Å². The first kappa shape index (κ1) is 11.7. The van der Waals surface area contributed by atoms with E-state index in [0.717, 1.165) is 5.70 Å². The molecule has 13 heavy (non-hydrogen) atoms. The Morgan fingerprint density at radius 1 is 1.38 bits per heavy atom. The van der Waals surface area contributed by atoms with Gasteiger partial charge in [-0.05, 0) is 6.92 Å². The van der Waals surface area contributed by atoms with Crippen molar-refractivity contribution in [3.63, 3.8) is 0 Å². The van der Waals surface area contributed by atoms with Gasteiger partial charge in [0.1, 0.15) is 0 Å². The molecule has 0 radical (unpaired) electrons. The molecular formula is C6H8BF4N2-. The van der Waals surface area contributed by atoms with Crippen LogP contribution in [0.25, 0.3) is 5.70 Å². The highest BCUT2D eigenvalue weighted by molar-refractivity contribution is 6.50. The van der Waals surface area contributed by atoms with Gasteiger partial charge < -0.3 is 21.8 Å². The Hall–Kier alpha value is -1.27. The molecule has 0 saturated heterocycles. The lowest BCUT2D eigenvalue weighted by Crippen LogP contribution is -2.02. The molecule has 0 fully saturated rings. The largest absolute Gasteiger partial charge is 0.673 e. The van der Waals surface area contributed by atoms with E-state index < -0.39 is 7.25 Å². The SMILES string of the molecule is C=C(C)n1ccnc1.F[B-](F)(F)F. The fourth-order valence-corrected chi connectivity index (χ4v) is 0.485. The van der Waals surface area contributed by atoms with E-state index in [1.165, 1.54) is 0 Å². The number of hydrogen-bond acceptors (Lipinski definition) is 1. The van der Waals surface area contributed by atoms with Crippen LogP contribution in [-0.4, -0.2) is 16.8 Å². The molecule has 2 nitrogen and oxygen atoms in total. The van der Waals surface area contributed by atoms with Gasteiger partial charge in [0, 0.05) is 18.1 Å². The summed E-state index contributed by atoms with van der Waals surface area (Å²) in [6.07, 6.45) is 5.32. The maximum Gasteiger partial charge on any atom is 0.673 e. The Balaban J connectivity index is 0.000000252. The van der Waals surface area contributed by atoms with Gasteiger partial charge in [0.05, 0.1) is 6.33 Å². The molecule has 1 heterocycles. The quantitative estimate of drug-likeness (QED) is 0.497. The van der Waals surface area contributed by atoms with Crippen LogP contribution >= 0.6 is 0 Å². The molecule has 0 aliphatic heterocycles. The van der Waals surface area contributed by atoms with E-state index in [2.05, 4.69) is 11.6 Å². The average Bonchev–Trinajstić information content (AvgIpc) is 2.31. The molecule has 0 saturated carbocycles. The molecule has 0 aromatic carbocycles. The van der Waals surface area contributed by atoms with Crippen molar-refractivity contribution in [3.05, 3.63) is 25.3 Å². The van der Waals surface area contributed by atoms with Gasteiger partial charge in [-0.25, -0.2) is 4.98 Å². The predicted octanol–water partition coefficient (Wildman–Crippen LogP) is 2.67. The number of allylic oxidation sites excluding steroid dienone is 1. The minimum atomic E-state index is -6.00. The number of aromatic nitrogens is 2. The Labute approximate surface area is 73.0 Å². The maximum absolute atomic E-state index is 9.75. The normalized spacial score (nSPS) is 10.2. The van der Waals surface area contributed by atoms with Gasteiger partial charge in [0.2, 0.25) is 0 Å². The number of halogens is 4. The summed E-state index contributed by atoms with van der Waals surface area (Å²) in [5.74, 6) is 0. The maximum atomic E-state index is 9.75. The van der Waals surface area contributed by atoms with Crippen molar-refractivity contribution < 1.29 is 17.3 Å². The zero-order valence-electron chi connectivity index (χ0n) is 6.92. The van der Waals surface area contributed by atoms with Crippen molar-refractivity contribution in [1.82, 2.24) is 9.55 Å². The van der Waals surface area contributed by atoms with Gasteiger partial charge in [-0.15, -0.1) is 0 Å². The molecule has 0 bridgehead atoms. The van der Waals surface area contributed by atoms with Crippen LogP contribution in [0.5, 0.6) is 0 Å². The Morgan fingerprint density at radius 2 is 1.85 bits per heavy atom. The van der Waals surface area contributed by atoms with E-state index in [1.807, 2.05) is 17.7 Å². The van der Waals surface area contributed by atoms with Crippen LogP contribution in [0, 0.1) is 0 Å². The van der Waals surface area contributed by atoms with Gasteiger partial charge in [-0.2, -0.15) is 0 Å². The summed E-state index contributed by atoms with van der Waals surface area (Å²) in [6, 6.07) is 0. The van der Waals surface area contributed by atoms with E-state index in [4.69, 9.17) is 0 Å². The van der Waals surface area contributed by atoms with Crippen molar-refractivity contribution in [2.75, 3.05) is 0 Å². The van der Waals surface area contributed by atoms with Crippen LogP contribution in [0.1, 0.15) is 6.92 Å². The molecule has 74 valence electrons. The Bertz CT molecular complexity index is 248. The molecule has 0 unspecified atom stereocenters. The third kappa shape index (κ3) is 8.64. The predicted molar refractivity (Wildman–Crippen MR) is 43.4 cm³/mol. The van der Waals surface area contributed by atoms with Crippen LogP contribution in [0.2, 0.25) is 0 Å². The number of nitrogens with zero attached hydrogens (tertiary/aromatic N) is 2. The highest BCUT2D eigenvalue weighted by Crippen LogP contribution is 2.06. The number of imidazole rings is 1. The van der Waals surface area contributed by atoms with Gasteiger partial charge in [-0.3, -0.25) is 0 Å². The van der Waals surface area contributed by atoms with Crippen molar-refractivity contribution in [3.8, 4) is 0 Å². The minimum Gasteiger partial charge on any atom is -0.418 e.